The van der Waals surface area contributed by atoms with Crippen LogP contribution < -0.4 is 10.0 Å². The molecule has 2 fully saturated rings. The maximum Gasteiger partial charge on any atom is 0.293 e. The van der Waals surface area contributed by atoms with E-state index in [0.717, 1.165) is 44.6 Å². The summed E-state index contributed by atoms with van der Waals surface area (Å²) in [5, 5.41) is 14.9. The predicted molar refractivity (Wildman–Crippen MR) is 114 cm³/mol. The lowest BCUT2D eigenvalue weighted by molar-refractivity contribution is -0.384. The van der Waals surface area contributed by atoms with E-state index in [1.165, 1.54) is 12.1 Å². The van der Waals surface area contributed by atoms with Crippen LogP contribution in [0.1, 0.15) is 38.5 Å². The Labute approximate surface area is 175 Å². The molecule has 2 aliphatic rings. The molecule has 1 unspecified atom stereocenters. The second-order valence-electron chi connectivity index (χ2n) is 7.98. The van der Waals surface area contributed by atoms with E-state index in [2.05, 4.69) is 10.0 Å². The van der Waals surface area contributed by atoms with Crippen LogP contribution in [0.25, 0.3) is 0 Å². The summed E-state index contributed by atoms with van der Waals surface area (Å²) in [7, 11) is -3.94. The van der Waals surface area contributed by atoms with Gasteiger partial charge in [-0.3, -0.25) is 14.8 Å². The van der Waals surface area contributed by atoms with Crippen LogP contribution in [0.5, 0.6) is 0 Å². The highest BCUT2D eigenvalue weighted by atomic mass is 32.2. The van der Waals surface area contributed by atoms with Crippen LogP contribution in [-0.2, 0) is 14.8 Å². The molecule has 1 aliphatic heterocycles. The molecule has 1 aliphatic carbocycles. The minimum absolute atomic E-state index is 0.0560. The van der Waals surface area contributed by atoms with Gasteiger partial charge in [-0.2, -0.15) is 0 Å². The Morgan fingerprint density at radius 2 is 1.83 bits per heavy atom. The zero-order chi connectivity index (χ0) is 21.2. The number of ether oxygens (including phenoxy) is 1. The SMILES string of the molecule is O=[N+]([O-])c1cc(S(=O)(=O)Nc2ccccc2)ccc1NC1CCOC2(CCCC2)C1. The van der Waals surface area contributed by atoms with E-state index in [0.29, 0.717) is 18.0 Å². The Kier molecular flexibility index (Phi) is 5.66. The lowest BCUT2D eigenvalue weighted by Gasteiger charge is -2.38. The lowest BCUT2D eigenvalue weighted by Crippen LogP contribution is -2.42. The molecule has 0 radical (unpaired) electrons. The lowest BCUT2D eigenvalue weighted by atomic mass is 9.89. The molecule has 160 valence electrons. The van der Waals surface area contributed by atoms with Crippen molar-refractivity contribution < 1.29 is 18.1 Å². The summed E-state index contributed by atoms with van der Waals surface area (Å²) in [6.45, 7) is 0.624. The molecule has 1 heterocycles. The topological polar surface area (TPSA) is 111 Å². The zero-order valence-electron chi connectivity index (χ0n) is 16.5. The third-order valence-corrected chi connectivity index (χ3v) is 7.25. The van der Waals surface area contributed by atoms with Crippen LogP contribution in [0.15, 0.2) is 53.4 Å². The quantitative estimate of drug-likeness (QED) is 0.521. The van der Waals surface area contributed by atoms with Crippen LogP contribution in [-0.4, -0.2) is 31.6 Å². The summed E-state index contributed by atoms with van der Waals surface area (Å²) >= 11 is 0. The average molecular weight is 432 g/mol. The molecule has 1 saturated heterocycles. The number of hydrogen-bond acceptors (Lipinski definition) is 6. The summed E-state index contributed by atoms with van der Waals surface area (Å²) in [6, 6.07) is 12.5. The summed E-state index contributed by atoms with van der Waals surface area (Å²) < 4.78 is 33.8. The molecular formula is C21H25N3O5S. The van der Waals surface area contributed by atoms with E-state index >= 15 is 0 Å². The van der Waals surface area contributed by atoms with Crippen molar-refractivity contribution in [1.29, 1.82) is 0 Å². The molecule has 1 atom stereocenters. The number of sulfonamides is 1. The van der Waals surface area contributed by atoms with Crippen molar-refractivity contribution in [3.05, 3.63) is 58.6 Å². The smallest absolute Gasteiger partial charge is 0.293 e. The van der Waals surface area contributed by atoms with E-state index < -0.39 is 14.9 Å². The summed E-state index contributed by atoms with van der Waals surface area (Å²) in [5.41, 5.74) is 0.358. The van der Waals surface area contributed by atoms with Gasteiger partial charge in [-0.05, 0) is 49.9 Å². The van der Waals surface area contributed by atoms with Crippen molar-refractivity contribution in [3.8, 4) is 0 Å². The van der Waals surface area contributed by atoms with Crippen LogP contribution >= 0.6 is 0 Å². The Hall–Kier alpha value is -2.65. The standard InChI is InChI=1S/C21H25N3O5S/c25-24(26)20-14-18(30(27,28)23-16-6-2-1-3-7-16)8-9-19(20)22-17-10-13-29-21(15-17)11-4-5-12-21/h1-3,6-9,14,17,22-23H,4-5,10-13,15H2. The number of nitrogens with zero attached hydrogens (tertiary/aromatic N) is 1. The molecule has 30 heavy (non-hydrogen) atoms. The van der Waals surface area contributed by atoms with Gasteiger partial charge in [-0.15, -0.1) is 0 Å². The van der Waals surface area contributed by atoms with Gasteiger partial charge in [0.2, 0.25) is 0 Å². The average Bonchev–Trinajstić information content (AvgIpc) is 3.16. The molecule has 1 spiro atoms. The van der Waals surface area contributed by atoms with Gasteiger partial charge in [0.15, 0.2) is 0 Å². The van der Waals surface area contributed by atoms with E-state index in [1.54, 1.807) is 30.3 Å². The first-order valence-corrected chi connectivity index (χ1v) is 11.6. The molecule has 8 nitrogen and oxygen atoms in total. The van der Waals surface area contributed by atoms with Crippen molar-refractivity contribution in [1.82, 2.24) is 0 Å². The number of hydrogen-bond donors (Lipinski definition) is 2. The van der Waals surface area contributed by atoms with Crippen LogP contribution in [0.2, 0.25) is 0 Å². The van der Waals surface area contributed by atoms with Gasteiger partial charge in [0, 0.05) is 24.4 Å². The second kappa shape index (κ2) is 8.23. The summed E-state index contributed by atoms with van der Waals surface area (Å²) in [5.74, 6) is 0. The molecule has 9 heteroatoms. The highest BCUT2D eigenvalue weighted by molar-refractivity contribution is 7.92. The molecule has 4 rings (SSSR count). The second-order valence-corrected chi connectivity index (χ2v) is 9.66. The molecule has 0 amide bonds. The van der Waals surface area contributed by atoms with E-state index in [4.69, 9.17) is 4.74 Å². The van der Waals surface area contributed by atoms with Crippen molar-refractivity contribution in [2.45, 2.75) is 55.1 Å². The monoisotopic (exact) mass is 431 g/mol. The largest absolute Gasteiger partial charge is 0.377 e. The fourth-order valence-corrected chi connectivity index (χ4v) is 5.49. The minimum Gasteiger partial charge on any atom is -0.377 e. The van der Waals surface area contributed by atoms with E-state index in [9.17, 15) is 18.5 Å². The maximum atomic E-state index is 12.7. The first kappa shape index (κ1) is 20.6. The number of nitrogens with one attached hydrogen (secondary N) is 2. The molecule has 0 aromatic heterocycles. The highest BCUT2D eigenvalue weighted by Gasteiger charge is 2.40. The normalized spacial score (nSPS) is 20.7. The van der Waals surface area contributed by atoms with Gasteiger partial charge >= 0.3 is 0 Å². The fourth-order valence-electron chi connectivity index (χ4n) is 4.41. The number of nitro groups is 1. The molecule has 1 saturated carbocycles. The number of rotatable bonds is 6. The Balaban J connectivity index is 1.55. The fraction of sp³-hybridized carbons (Fsp3) is 0.429. The third-order valence-electron chi connectivity index (χ3n) is 5.87. The van der Waals surface area contributed by atoms with Crippen LogP contribution in [0.3, 0.4) is 0 Å². The Bertz CT molecular complexity index is 1020. The van der Waals surface area contributed by atoms with Crippen LogP contribution in [0, 0.1) is 10.1 Å². The van der Waals surface area contributed by atoms with Crippen molar-refractivity contribution >= 4 is 27.1 Å². The molecular weight excluding hydrogens is 406 g/mol. The Morgan fingerprint density at radius 3 is 2.53 bits per heavy atom. The molecule has 2 aromatic carbocycles. The zero-order valence-corrected chi connectivity index (χ0v) is 17.4. The summed E-state index contributed by atoms with van der Waals surface area (Å²) in [6.07, 6.45) is 5.90. The third kappa shape index (κ3) is 4.41. The van der Waals surface area contributed by atoms with Gasteiger partial charge in [0.05, 0.1) is 15.4 Å². The first-order valence-electron chi connectivity index (χ1n) is 10.1. The minimum atomic E-state index is -3.94. The number of anilines is 2. The van der Waals surface area contributed by atoms with Gasteiger partial charge in [0.25, 0.3) is 15.7 Å². The van der Waals surface area contributed by atoms with E-state index in [1.807, 2.05) is 0 Å². The molecule has 2 N–H and O–H groups in total. The van der Waals surface area contributed by atoms with Crippen molar-refractivity contribution in [2.75, 3.05) is 16.6 Å². The van der Waals surface area contributed by atoms with Crippen LogP contribution in [0.4, 0.5) is 17.1 Å². The molecule has 2 aromatic rings. The number of nitro benzene ring substituents is 1. The molecule has 0 bridgehead atoms. The number of para-hydroxylation sites is 1. The predicted octanol–water partition coefficient (Wildman–Crippen LogP) is 4.30. The van der Waals surface area contributed by atoms with Crippen molar-refractivity contribution in [3.63, 3.8) is 0 Å². The Morgan fingerprint density at radius 1 is 1.10 bits per heavy atom. The first-order chi connectivity index (χ1) is 14.4. The van der Waals surface area contributed by atoms with Gasteiger partial charge in [-0.25, -0.2) is 8.42 Å². The van der Waals surface area contributed by atoms with Gasteiger partial charge < -0.3 is 10.1 Å². The summed E-state index contributed by atoms with van der Waals surface area (Å²) in [4.78, 5) is 11.0. The maximum absolute atomic E-state index is 12.7. The van der Waals surface area contributed by atoms with Gasteiger partial charge in [-0.1, -0.05) is 31.0 Å². The van der Waals surface area contributed by atoms with Crippen molar-refractivity contribution in [2.24, 2.45) is 0 Å². The number of benzene rings is 2. The van der Waals surface area contributed by atoms with E-state index in [-0.39, 0.29) is 22.2 Å². The van der Waals surface area contributed by atoms with Gasteiger partial charge in [0.1, 0.15) is 5.69 Å². The highest BCUT2D eigenvalue weighted by Crippen LogP contribution is 2.41.